The number of rotatable bonds is 6. The van der Waals surface area contributed by atoms with Crippen LogP contribution in [0, 0.1) is 0 Å². The first kappa shape index (κ1) is 18.3. The van der Waals surface area contributed by atoms with Crippen molar-refractivity contribution in [3.63, 3.8) is 0 Å². The van der Waals surface area contributed by atoms with E-state index in [1.165, 1.54) is 0 Å². The Morgan fingerprint density at radius 1 is 1.04 bits per heavy atom. The molecule has 0 radical (unpaired) electrons. The van der Waals surface area contributed by atoms with Crippen LogP contribution >= 0.6 is 23.2 Å². The Labute approximate surface area is 150 Å². The van der Waals surface area contributed by atoms with Crippen molar-refractivity contribution < 1.29 is 14.3 Å². The van der Waals surface area contributed by atoms with Crippen molar-refractivity contribution in [2.45, 2.75) is 19.4 Å². The fourth-order valence-electron chi connectivity index (χ4n) is 2.15. The van der Waals surface area contributed by atoms with Gasteiger partial charge in [0.1, 0.15) is 0 Å². The van der Waals surface area contributed by atoms with Crippen LogP contribution in [-0.2, 0) is 20.7 Å². The summed E-state index contributed by atoms with van der Waals surface area (Å²) in [5.41, 5.74) is 1.46. The number of carbonyl (C=O) groups excluding carboxylic acids is 2. The minimum Gasteiger partial charge on any atom is -0.455 e. The van der Waals surface area contributed by atoms with Gasteiger partial charge in [0.2, 0.25) is 0 Å². The largest absolute Gasteiger partial charge is 0.455 e. The van der Waals surface area contributed by atoms with Gasteiger partial charge in [0, 0.05) is 15.6 Å². The molecule has 0 aliphatic rings. The van der Waals surface area contributed by atoms with Gasteiger partial charge in [0.15, 0.2) is 6.61 Å². The molecular weight excluding hydrogens is 349 g/mol. The Morgan fingerprint density at radius 2 is 1.67 bits per heavy atom. The highest BCUT2D eigenvalue weighted by Crippen LogP contribution is 2.24. The zero-order valence-corrected chi connectivity index (χ0v) is 14.6. The highest BCUT2D eigenvalue weighted by molar-refractivity contribution is 6.36. The summed E-state index contributed by atoms with van der Waals surface area (Å²) in [6.07, 6.45) is -0.0833. The number of amides is 1. The second kappa shape index (κ2) is 8.71. The van der Waals surface area contributed by atoms with E-state index in [2.05, 4.69) is 5.32 Å². The summed E-state index contributed by atoms with van der Waals surface area (Å²) in [5.74, 6) is -0.933. The fourth-order valence-corrected chi connectivity index (χ4v) is 2.68. The third-order valence-corrected chi connectivity index (χ3v) is 4.13. The van der Waals surface area contributed by atoms with Gasteiger partial charge in [-0.1, -0.05) is 59.6 Å². The van der Waals surface area contributed by atoms with Gasteiger partial charge < -0.3 is 10.1 Å². The van der Waals surface area contributed by atoms with Crippen LogP contribution in [0.5, 0.6) is 0 Å². The molecule has 0 bridgehead atoms. The first-order valence-corrected chi connectivity index (χ1v) is 8.16. The number of nitrogens with one attached hydrogen (secondary N) is 1. The summed E-state index contributed by atoms with van der Waals surface area (Å²) >= 11 is 12.0. The molecule has 0 spiro atoms. The van der Waals surface area contributed by atoms with Crippen LogP contribution in [0.2, 0.25) is 10.0 Å². The fraction of sp³-hybridized carbons (Fsp3) is 0.222. The van der Waals surface area contributed by atoms with Crippen LogP contribution < -0.4 is 5.32 Å². The van der Waals surface area contributed by atoms with Gasteiger partial charge in [-0.15, -0.1) is 0 Å². The molecular formula is C18H17Cl2NO3. The molecule has 0 fully saturated rings. The molecule has 24 heavy (non-hydrogen) atoms. The second-order valence-electron chi connectivity index (χ2n) is 5.24. The molecule has 0 aliphatic heterocycles. The topological polar surface area (TPSA) is 55.4 Å². The van der Waals surface area contributed by atoms with E-state index in [1.807, 2.05) is 37.3 Å². The van der Waals surface area contributed by atoms with Crippen LogP contribution in [0.25, 0.3) is 0 Å². The lowest BCUT2D eigenvalue weighted by molar-refractivity contribution is -0.148. The predicted molar refractivity (Wildman–Crippen MR) is 94.1 cm³/mol. The maximum Gasteiger partial charge on any atom is 0.310 e. The molecule has 0 aliphatic carbocycles. The van der Waals surface area contributed by atoms with E-state index in [1.54, 1.807) is 18.2 Å². The summed E-state index contributed by atoms with van der Waals surface area (Å²) in [7, 11) is 0. The lowest BCUT2D eigenvalue weighted by atomic mass is 10.1. The quantitative estimate of drug-likeness (QED) is 0.788. The molecule has 6 heteroatoms. The van der Waals surface area contributed by atoms with E-state index < -0.39 is 5.97 Å². The van der Waals surface area contributed by atoms with Crippen LogP contribution in [0.15, 0.2) is 48.5 Å². The van der Waals surface area contributed by atoms with Gasteiger partial charge in [0.05, 0.1) is 12.5 Å². The van der Waals surface area contributed by atoms with Crippen molar-refractivity contribution in [3.8, 4) is 0 Å². The third kappa shape index (κ3) is 5.25. The number of hydrogen-bond acceptors (Lipinski definition) is 3. The first-order valence-electron chi connectivity index (χ1n) is 7.40. The van der Waals surface area contributed by atoms with Crippen LogP contribution in [0.3, 0.4) is 0 Å². The SMILES string of the molecule is CC(NC(=O)COC(=O)Cc1c(Cl)cccc1Cl)c1ccccc1. The Morgan fingerprint density at radius 3 is 2.29 bits per heavy atom. The normalized spacial score (nSPS) is 11.6. The van der Waals surface area contributed by atoms with E-state index in [0.29, 0.717) is 15.6 Å². The molecule has 0 heterocycles. The van der Waals surface area contributed by atoms with E-state index in [-0.39, 0.29) is 25.0 Å². The summed E-state index contributed by atoms with van der Waals surface area (Å²) < 4.78 is 4.99. The standard InChI is InChI=1S/C18H17Cl2NO3/c1-12(13-6-3-2-4-7-13)21-17(22)11-24-18(23)10-14-15(19)8-5-9-16(14)20/h2-9,12H,10-11H2,1H3,(H,21,22). The Bertz CT molecular complexity index is 699. The average Bonchev–Trinajstić information content (AvgIpc) is 2.57. The van der Waals surface area contributed by atoms with Gasteiger partial charge in [-0.05, 0) is 24.6 Å². The monoisotopic (exact) mass is 365 g/mol. The lowest BCUT2D eigenvalue weighted by Crippen LogP contribution is -2.31. The first-order chi connectivity index (χ1) is 11.5. The second-order valence-corrected chi connectivity index (χ2v) is 6.05. The minimum absolute atomic E-state index is 0.0833. The Balaban J connectivity index is 1.82. The minimum atomic E-state index is -0.562. The number of benzene rings is 2. The number of ether oxygens (including phenoxy) is 1. The highest BCUT2D eigenvalue weighted by Gasteiger charge is 2.14. The number of hydrogen-bond donors (Lipinski definition) is 1. The summed E-state index contributed by atoms with van der Waals surface area (Å²) in [5, 5.41) is 3.55. The van der Waals surface area contributed by atoms with Crippen molar-refractivity contribution in [2.24, 2.45) is 0 Å². The molecule has 126 valence electrons. The van der Waals surface area contributed by atoms with Gasteiger partial charge >= 0.3 is 5.97 Å². The van der Waals surface area contributed by atoms with Gasteiger partial charge in [-0.25, -0.2) is 0 Å². The van der Waals surface area contributed by atoms with E-state index in [9.17, 15) is 9.59 Å². The van der Waals surface area contributed by atoms with Gasteiger partial charge in [-0.2, -0.15) is 0 Å². The molecule has 1 amide bonds. The molecule has 4 nitrogen and oxygen atoms in total. The molecule has 0 saturated heterocycles. The molecule has 0 aromatic heterocycles. The van der Waals surface area contributed by atoms with Crippen molar-refractivity contribution >= 4 is 35.1 Å². The molecule has 1 N–H and O–H groups in total. The zero-order chi connectivity index (χ0) is 17.5. The molecule has 0 saturated carbocycles. The van der Waals surface area contributed by atoms with Crippen LogP contribution in [-0.4, -0.2) is 18.5 Å². The molecule has 2 aromatic carbocycles. The van der Waals surface area contributed by atoms with Crippen molar-refractivity contribution in [1.29, 1.82) is 0 Å². The highest BCUT2D eigenvalue weighted by atomic mass is 35.5. The zero-order valence-electron chi connectivity index (χ0n) is 13.1. The molecule has 1 unspecified atom stereocenters. The summed E-state index contributed by atoms with van der Waals surface area (Å²) in [6, 6.07) is 14.3. The number of halogens is 2. The van der Waals surface area contributed by atoms with E-state index in [4.69, 9.17) is 27.9 Å². The number of carbonyl (C=O) groups is 2. The van der Waals surface area contributed by atoms with Crippen molar-refractivity contribution in [1.82, 2.24) is 5.32 Å². The Kier molecular flexibility index (Phi) is 6.64. The predicted octanol–water partition coefficient (Wildman–Crippen LogP) is 3.96. The number of esters is 1. The lowest BCUT2D eigenvalue weighted by Gasteiger charge is -2.14. The van der Waals surface area contributed by atoms with Gasteiger partial charge in [-0.3, -0.25) is 9.59 Å². The molecule has 2 aromatic rings. The third-order valence-electron chi connectivity index (χ3n) is 3.42. The van der Waals surface area contributed by atoms with Crippen molar-refractivity contribution in [3.05, 3.63) is 69.7 Å². The molecule has 2 rings (SSSR count). The maximum absolute atomic E-state index is 11.9. The van der Waals surface area contributed by atoms with E-state index >= 15 is 0 Å². The summed E-state index contributed by atoms with van der Waals surface area (Å²) in [4.78, 5) is 23.7. The van der Waals surface area contributed by atoms with Crippen LogP contribution in [0.1, 0.15) is 24.1 Å². The molecule has 1 atom stereocenters. The summed E-state index contributed by atoms with van der Waals surface area (Å²) in [6.45, 7) is 1.51. The maximum atomic E-state index is 11.9. The van der Waals surface area contributed by atoms with Gasteiger partial charge in [0.25, 0.3) is 5.91 Å². The smallest absolute Gasteiger partial charge is 0.310 e. The average molecular weight is 366 g/mol. The Hall–Kier alpha value is -2.04. The van der Waals surface area contributed by atoms with E-state index in [0.717, 1.165) is 5.56 Å². The van der Waals surface area contributed by atoms with Crippen molar-refractivity contribution in [2.75, 3.05) is 6.61 Å². The van der Waals surface area contributed by atoms with Crippen LogP contribution in [0.4, 0.5) is 0 Å².